The molecule has 0 bridgehead atoms. The van der Waals surface area contributed by atoms with Crippen LogP contribution < -0.4 is 5.32 Å². The zero-order chi connectivity index (χ0) is 19.9. The average molecular weight is 410 g/mol. The van der Waals surface area contributed by atoms with Gasteiger partial charge in [-0.1, -0.05) is 29.3 Å². The van der Waals surface area contributed by atoms with Crippen molar-refractivity contribution < 1.29 is 9.18 Å². The lowest BCUT2D eigenvalue weighted by molar-refractivity contribution is 0.102. The van der Waals surface area contributed by atoms with E-state index in [1.807, 2.05) is 6.92 Å². The van der Waals surface area contributed by atoms with Gasteiger partial charge in [-0.25, -0.2) is 4.39 Å². The fourth-order valence-electron chi connectivity index (χ4n) is 2.74. The van der Waals surface area contributed by atoms with Crippen molar-refractivity contribution in [2.75, 3.05) is 5.32 Å². The van der Waals surface area contributed by atoms with Gasteiger partial charge < -0.3 is 5.32 Å². The van der Waals surface area contributed by atoms with E-state index in [9.17, 15) is 9.18 Å². The SMILES string of the molecule is Cc1nn(Cc2ccc(F)cc2Cl)c(C)c1NC(=O)c1nn(C)c(C)c1Cl. The molecular weight excluding hydrogens is 392 g/mol. The molecular formula is C18H18Cl2FN5O. The third-order valence-electron chi connectivity index (χ3n) is 4.43. The molecule has 9 heteroatoms. The second-order valence-corrected chi connectivity index (χ2v) is 7.05. The van der Waals surface area contributed by atoms with Crippen molar-refractivity contribution >= 4 is 34.8 Å². The van der Waals surface area contributed by atoms with Crippen LogP contribution in [0.1, 0.15) is 33.1 Å². The minimum Gasteiger partial charge on any atom is -0.317 e. The number of halogens is 3. The summed E-state index contributed by atoms with van der Waals surface area (Å²) in [7, 11) is 1.72. The number of anilines is 1. The van der Waals surface area contributed by atoms with Crippen molar-refractivity contribution in [2.45, 2.75) is 27.3 Å². The molecule has 1 amide bonds. The number of aryl methyl sites for hydroxylation is 2. The number of nitrogens with one attached hydrogen (secondary N) is 1. The van der Waals surface area contributed by atoms with Crippen LogP contribution in [0.5, 0.6) is 0 Å². The third kappa shape index (κ3) is 3.70. The van der Waals surface area contributed by atoms with Crippen molar-refractivity contribution in [3.05, 3.63) is 62.4 Å². The van der Waals surface area contributed by atoms with E-state index in [1.165, 1.54) is 12.1 Å². The summed E-state index contributed by atoms with van der Waals surface area (Å²) in [6, 6.07) is 4.22. The highest BCUT2D eigenvalue weighted by Crippen LogP contribution is 2.25. The minimum atomic E-state index is -0.408. The molecule has 0 unspecified atom stereocenters. The lowest BCUT2D eigenvalue weighted by Gasteiger charge is -2.08. The third-order valence-corrected chi connectivity index (χ3v) is 5.24. The van der Waals surface area contributed by atoms with Crippen molar-refractivity contribution in [3.63, 3.8) is 0 Å². The van der Waals surface area contributed by atoms with Crippen LogP contribution in [0.4, 0.5) is 10.1 Å². The molecule has 0 fully saturated rings. The molecule has 1 aromatic carbocycles. The van der Waals surface area contributed by atoms with Crippen LogP contribution in [0.15, 0.2) is 18.2 Å². The molecule has 0 aliphatic heterocycles. The fourth-order valence-corrected chi connectivity index (χ4v) is 3.22. The largest absolute Gasteiger partial charge is 0.317 e. The van der Waals surface area contributed by atoms with Crippen LogP contribution in [0.2, 0.25) is 10.0 Å². The summed E-state index contributed by atoms with van der Waals surface area (Å²) in [6.45, 7) is 5.76. The first-order valence-electron chi connectivity index (χ1n) is 8.17. The average Bonchev–Trinajstić information content (AvgIpc) is 3.02. The van der Waals surface area contributed by atoms with Gasteiger partial charge in [-0.05, 0) is 38.5 Å². The molecule has 0 spiro atoms. The molecule has 0 atom stereocenters. The smallest absolute Gasteiger partial charge is 0.277 e. The Morgan fingerprint density at radius 2 is 1.89 bits per heavy atom. The number of benzene rings is 1. The van der Waals surface area contributed by atoms with Crippen LogP contribution in [0.25, 0.3) is 0 Å². The monoisotopic (exact) mass is 409 g/mol. The van der Waals surface area contributed by atoms with Crippen molar-refractivity contribution in [3.8, 4) is 0 Å². The van der Waals surface area contributed by atoms with Gasteiger partial charge in [0.25, 0.3) is 5.91 Å². The highest BCUT2D eigenvalue weighted by Gasteiger charge is 2.21. The van der Waals surface area contributed by atoms with Crippen molar-refractivity contribution in [1.29, 1.82) is 0 Å². The first-order chi connectivity index (χ1) is 12.7. The van der Waals surface area contributed by atoms with Gasteiger partial charge in [0.05, 0.1) is 34.3 Å². The Labute approximate surface area is 165 Å². The summed E-state index contributed by atoms with van der Waals surface area (Å²) in [4.78, 5) is 12.6. The standard InChI is InChI=1S/C18H18Cl2FN5O/c1-9-16(22-18(27)17-15(20)10(2)25(4)24-17)11(3)26(23-9)8-12-5-6-13(21)7-14(12)19/h5-7H,8H2,1-4H3,(H,22,27). The highest BCUT2D eigenvalue weighted by molar-refractivity contribution is 6.34. The van der Waals surface area contributed by atoms with E-state index in [1.54, 1.807) is 36.3 Å². The van der Waals surface area contributed by atoms with Gasteiger partial charge in [-0.3, -0.25) is 14.2 Å². The Bertz CT molecular complexity index is 1040. The Morgan fingerprint density at radius 3 is 2.48 bits per heavy atom. The summed E-state index contributed by atoms with van der Waals surface area (Å²) >= 11 is 12.3. The quantitative estimate of drug-likeness (QED) is 0.698. The number of aromatic nitrogens is 4. The summed E-state index contributed by atoms with van der Waals surface area (Å²) in [6.07, 6.45) is 0. The lowest BCUT2D eigenvalue weighted by Crippen LogP contribution is -2.15. The van der Waals surface area contributed by atoms with E-state index in [2.05, 4.69) is 15.5 Å². The van der Waals surface area contributed by atoms with Crippen LogP contribution in [0.3, 0.4) is 0 Å². The zero-order valence-electron chi connectivity index (χ0n) is 15.3. The number of carbonyl (C=O) groups excluding carboxylic acids is 1. The van der Waals surface area contributed by atoms with E-state index < -0.39 is 11.7 Å². The van der Waals surface area contributed by atoms with Gasteiger partial charge in [-0.15, -0.1) is 0 Å². The summed E-state index contributed by atoms with van der Waals surface area (Å²) in [5.74, 6) is -0.804. The molecule has 27 heavy (non-hydrogen) atoms. The molecule has 2 heterocycles. The van der Waals surface area contributed by atoms with E-state index in [4.69, 9.17) is 23.2 Å². The second-order valence-electron chi connectivity index (χ2n) is 6.26. The first kappa shape index (κ1) is 19.4. The number of rotatable bonds is 4. The summed E-state index contributed by atoms with van der Waals surface area (Å²) in [5, 5.41) is 12.1. The Morgan fingerprint density at radius 1 is 1.19 bits per heavy atom. The predicted molar refractivity (Wildman–Crippen MR) is 103 cm³/mol. The van der Waals surface area contributed by atoms with Crippen molar-refractivity contribution in [1.82, 2.24) is 19.6 Å². The van der Waals surface area contributed by atoms with E-state index in [-0.39, 0.29) is 5.69 Å². The first-order valence-corrected chi connectivity index (χ1v) is 8.93. The molecule has 6 nitrogen and oxygen atoms in total. The lowest BCUT2D eigenvalue weighted by atomic mass is 10.2. The molecule has 0 radical (unpaired) electrons. The Balaban J connectivity index is 1.87. The fraction of sp³-hybridized carbons (Fsp3) is 0.278. The maximum atomic E-state index is 13.2. The molecule has 142 valence electrons. The van der Waals surface area contributed by atoms with Gasteiger partial charge in [0.2, 0.25) is 0 Å². The van der Waals surface area contributed by atoms with E-state index in [0.29, 0.717) is 33.7 Å². The summed E-state index contributed by atoms with van der Waals surface area (Å²) < 4.78 is 16.5. The maximum absolute atomic E-state index is 13.2. The van der Waals surface area contributed by atoms with Gasteiger partial charge >= 0.3 is 0 Å². The van der Waals surface area contributed by atoms with E-state index in [0.717, 1.165) is 11.3 Å². The molecule has 2 aromatic heterocycles. The number of hydrogen-bond donors (Lipinski definition) is 1. The summed E-state index contributed by atoms with van der Waals surface area (Å²) in [5.41, 5.74) is 3.55. The minimum absolute atomic E-state index is 0.157. The number of hydrogen-bond acceptors (Lipinski definition) is 3. The number of nitrogens with zero attached hydrogens (tertiary/aromatic N) is 4. The molecule has 0 aliphatic rings. The Kier molecular flexibility index (Phi) is 5.26. The molecule has 0 aliphatic carbocycles. The topological polar surface area (TPSA) is 64.7 Å². The zero-order valence-corrected chi connectivity index (χ0v) is 16.8. The van der Waals surface area contributed by atoms with Gasteiger partial charge in [0, 0.05) is 12.1 Å². The number of carbonyl (C=O) groups is 1. The van der Waals surface area contributed by atoms with Crippen LogP contribution in [0, 0.1) is 26.6 Å². The molecule has 3 aromatic rings. The van der Waals surface area contributed by atoms with Crippen LogP contribution in [-0.2, 0) is 13.6 Å². The molecule has 0 saturated carbocycles. The highest BCUT2D eigenvalue weighted by atomic mass is 35.5. The van der Waals surface area contributed by atoms with Gasteiger partial charge in [0.1, 0.15) is 5.82 Å². The Hall–Kier alpha value is -2.38. The normalized spacial score (nSPS) is 11.1. The van der Waals surface area contributed by atoms with Crippen LogP contribution >= 0.6 is 23.2 Å². The maximum Gasteiger partial charge on any atom is 0.277 e. The molecule has 3 rings (SSSR count). The van der Waals surface area contributed by atoms with E-state index >= 15 is 0 Å². The van der Waals surface area contributed by atoms with Crippen molar-refractivity contribution in [2.24, 2.45) is 7.05 Å². The van der Waals surface area contributed by atoms with Crippen LogP contribution in [-0.4, -0.2) is 25.5 Å². The predicted octanol–water partition coefficient (Wildman–Crippen LogP) is 4.29. The second kappa shape index (κ2) is 7.32. The van der Waals surface area contributed by atoms with Gasteiger partial charge in [-0.2, -0.15) is 10.2 Å². The molecule has 1 N–H and O–H groups in total. The van der Waals surface area contributed by atoms with Gasteiger partial charge in [0.15, 0.2) is 5.69 Å². The number of amides is 1. The molecule has 0 saturated heterocycles.